The first-order valence-electron chi connectivity index (χ1n) is 10.1. The van der Waals surface area contributed by atoms with Crippen LogP contribution in [0.4, 0.5) is 17.1 Å². The van der Waals surface area contributed by atoms with Gasteiger partial charge in [-0.15, -0.1) is 0 Å². The number of nitrogens with one attached hydrogen (secondary N) is 2. The SMILES string of the molecule is Cc1ccccc1NC(=O)C(C)N(C)CC(=O)N1c2ccccc2NC(=O)CC1C. The quantitative estimate of drug-likeness (QED) is 0.797. The Morgan fingerprint density at radius 3 is 2.60 bits per heavy atom. The van der Waals surface area contributed by atoms with Gasteiger partial charge >= 0.3 is 0 Å². The molecule has 2 unspecified atom stereocenters. The predicted molar refractivity (Wildman–Crippen MR) is 119 cm³/mol. The van der Waals surface area contributed by atoms with Crippen LogP contribution in [0.5, 0.6) is 0 Å². The molecule has 1 aliphatic heterocycles. The van der Waals surface area contributed by atoms with E-state index in [1.807, 2.05) is 56.3 Å². The molecule has 0 spiro atoms. The van der Waals surface area contributed by atoms with Gasteiger partial charge in [-0.1, -0.05) is 30.3 Å². The van der Waals surface area contributed by atoms with E-state index in [0.717, 1.165) is 11.3 Å². The number of likely N-dealkylation sites (N-methyl/N-ethyl adjacent to an activating group) is 1. The van der Waals surface area contributed by atoms with Crippen molar-refractivity contribution in [3.05, 3.63) is 54.1 Å². The fourth-order valence-electron chi connectivity index (χ4n) is 3.54. The van der Waals surface area contributed by atoms with Crippen LogP contribution >= 0.6 is 0 Å². The minimum absolute atomic E-state index is 0.0508. The smallest absolute Gasteiger partial charge is 0.241 e. The number of amides is 3. The van der Waals surface area contributed by atoms with Gasteiger partial charge in [0.25, 0.3) is 0 Å². The molecule has 7 heteroatoms. The second-order valence-electron chi connectivity index (χ2n) is 7.78. The van der Waals surface area contributed by atoms with Gasteiger partial charge in [-0.2, -0.15) is 0 Å². The molecule has 1 aliphatic rings. The monoisotopic (exact) mass is 408 g/mol. The second kappa shape index (κ2) is 9.09. The number of aryl methyl sites for hydroxylation is 1. The lowest BCUT2D eigenvalue weighted by Gasteiger charge is -2.31. The van der Waals surface area contributed by atoms with Crippen molar-refractivity contribution in [2.24, 2.45) is 0 Å². The Labute approximate surface area is 177 Å². The molecule has 0 saturated carbocycles. The maximum absolute atomic E-state index is 13.2. The molecule has 0 fully saturated rings. The number of hydrogen-bond acceptors (Lipinski definition) is 4. The van der Waals surface area contributed by atoms with Crippen molar-refractivity contribution in [2.45, 2.75) is 39.3 Å². The molecule has 3 amide bonds. The van der Waals surface area contributed by atoms with Gasteiger partial charge in [0.05, 0.1) is 24.0 Å². The molecule has 0 aromatic heterocycles. The topological polar surface area (TPSA) is 81.8 Å². The molecule has 0 radical (unpaired) electrons. The number of benzene rings is 2. The lowest BCUT2D eigenvalue weighted by Crippen LogP contribution is -2.48. The predicted octanol–water partition coefficient (Wildman–Crippen LogP) is 3.02. The molecule has 7 nitrogen and oxygen atoms in total. The van der Waals surface area contributed by atoms with Crippen molar-refractivity contribution in [3.8, 4) is 0 Å². The summed E-state index contributed by atoms with van der Waals surface area (Å²) in [5.74, 6) is -0.463. The zero-order valence-corrected chi connectivity index (χ0v) is 17.8. The number of carbonyl (C=O) groups is 3. The van der Waals surface area contributed by atoms with Crippen LogP contribution in [0, 0.1) is 6.92 Å². The van der Waals surface area contributed by atoms with Crippen LogP contribution in [0.1, 0.15) is 25.8 Å². The molecule has 0 saturated heterocycles. The summed E-state index contributed by atoms with van der Waals surface area (Å²) in [6.45, 7) is 5.61. The van der Waals surface area contributed by atoms with Gasteiger partial charge in [0.2, 0.25) is 17.7 Å². The van der Waals surface area contributed by atoms with Gasteiger partial charge in [-0.05, 0) is 51.6 Å². The number of hydrogen-bond donors (Lipinski definition) is 2. The molecule has 2 atom stereocenters. The van der Waals surface area contributed by atoms with E-state index in [0.29, 0.717) is 11.4 Å². The number of anilines is 3. The molecular weight excluding hydrogens is 380 g/mol. The summed E-state index contributed by atoms with van der Waals surface area (Å²) in [5.41, 5.74) is 3.03. The van der Waals surface area contributed by atoms with Gasteiger partial charge in [-0.25, -0.2) is 0 Å². The van der Waals surface area contributed by atoms with Crippen LogP contribution in [0.15, 0.2) is 48.5 Å². The lowest BCUT2D eigenvalue weighted by molar-refractivity contribution is -0.123. The van der Waals surface area contributed by atoms with Crippen LogP contribution in [0.25, 0.3) is 0 Å². The van der Waals surface area contributed by atoms with Crippen LogP contribution in [-0.4, -0.2) is 48.3 Å². The normalized spacial score (nSPS) is 17.0. The third-order valence-corrected chi connectivity index (χ3v) is 5.46. The largest absolute Gasteiger partial charge is 0.324 e. The summed E-state index contributed by atoms with van der Waals surface area (Å²) >= 11 is 0. The van der Waals surface area contributed by atoms with E-state index in [4.69, 9.17) is 0 Å². The summed E-state index contributed by atoms with van der Waals surface area (Å²) in [6.07, 6.45) is 0.216. The van der Waals surface area contributed by atoms with E-state index in [2.05, 4.69) is 10.6 Å². The highest BCUT2D eigenvalue weighted by atomic mass is 16.2. The summed E-state index contributed by atoms with van der Waals surface area (Å²) in [6, 6.07) is 14.0. The fourth-order valence-corrected chi connectivity index (χ4v) is 3.54. The van der Waals surface area contributed by atoms with Gasteiger partial charge in [-0.3, -0.25) is 19.3 Å². The minimum atomic E-state index is -0.508. The van der Waals surface area contributed by atoms with E-state index in [-0.39, 0.29) is 36.7 Å². The number of rotatable bonds is 5. The lowest BCUT2D eigenvalue weighted by atomic mass is 10.1. The number of fused-ring (bicyclic) bond motifs is 1. The van der Waals surface area contributed by atoms with Crippen molar-refractivity contribution < 1.29 is 14.4 Å². The Bertz CT molecular complexity index is 959. The third kappa shape index (κ3) is 4.68. The molecular formula is C23H28N4O3. The zero-order valence-electron chi connectivity index (χ0n) is 17.8. The van der Waals surface area contributed by atoms with E-state index < -0.39 is 6.04 Å². The third-order valence-electron chi connectivity index (χ3n) is 5.46. The Hall–Kier alpha value is -3.19. The highest BCUT2D eigenvalue weighted by molar-refractivity contribution is 6.05. The molecule has 0 aliphatic carbocycles. The molecule has 158 valence electrons. The molecule has 0 bridgehead atoms. The van der Waals surface area contributed by atoms with Crippen LogP contribution in [-0.2, 0) is 14.4 Å². The fraction of sp³-hybridized carbons (Fsp3) is 0.348. The van der Waals surface area contributed by atoms with Gasteiger partial charge < -0.3 is 15.5 Å². The molecule has 1 heterocycles. The first-order chi connectivity index (χ1) is 14.3. The standard InChI is InChI=1S/C23H28N4O3/c1-15-9-5-6-10-18(15)25-23(30)17(3)26(4)14-22(29)27-16(2)13-21(28)24-19-11-7-8-12-20(19)27/h5-12,16-17H,13-14H2,1-4H3,(H,24,28)(H,25,30). The zero-order chi connectivity index (χ0) is 21.8. The van der Waals surface area contributed by atoms with Crippen molar-refractivity contribution >= 4 is 34.8 Å². The second-order valence-corrected chi connectivity index (χ2v) is 7.78. The average Bonchev–Trinajstić information content (AvgIpc) is 2.83. The van der Waals surface area contributed by atoms with Gasteiger partial charge in [0.15, 0.2) is 0 Å². The number of nitrogens with zero attached hydrogens (tertiary/aromatic N) is 2. The average molecular weight is 409 g/mol. The first kappa shape index (κ1) is 21.5. The number of carbonyl (C=O) groups excluding carboxylic acids is 3. The highest BCUT2D eigenvalue weighted by Crippen LogP contribution is 2.31. The summed E-state index contributed by atoms with van der Waals surface area (Å²) in [5, 5.41) is 5.78. The van der Waals surface area contributed by atoms with E-state index >= 15 is 0 Å². The molecule has 30 heavy (non-hydrogen) atoms. The maximum Gasteiger partial charge on any atom is 0.241 e. The summed E-state index contributed by atoms with van der Waals surface area (Å²) in [7, 11) is 1.75. The Morgan fingerprint density at radius 1 is 1.20 bits per heavy atom. The Kier molecular flexibility index (Phi) is 6.52. The maximum atomic E-state index is 13.2. The Balaban J connectivity index is 1.72. The van der Waals surface area contributed by atoms with Crippen molar-refractivity contribution in [2.75, 3.05) is 29.1 Å². The number of para-hydroxylation sites is 3. The molecule has 3 rings (SSSR count). The van der Waals surface area contributed by atoms with Gasteiger partial charge in [0, 0.05) is 18.2 Å². The van der Waals surface area contributed by atoms with Gasteiger partial charge in [0.1, 0.15) is 0 Å². The van der Waals surface area contributed by atoms with E-state index in [1.54, 1.807) is 29.8 Å². The van der Waals surface area contributed by atoms with E-state index in [9.17, 15) is 14.4 Å². The molecule has 2 aromatic rings. The molecule has 2 aromatic carbocycles. The summed E-state index contributed by atoms with van der Waals surface area (Å²) in [4.78, 5) is 41.4. The Morgan fingerprint density at radius 2 is 1.87 bits per heavy atom. The van der Waals surface area contributed by atoms with Crippen LogP contribution in [0.2, 0.25) is 0 Å². The van der Waals surface area contributed by atoms with Crippen LogP contribution in [0.3, 0.4) is 0 Å². The first-order valence-corrected chi connectivity index (χ1v) is 10.1. The highest BCUT2D eigenvalue weighted by Gasteiger charge is 2.31. The van der Waals surface area contributed by atoms with Crippen LogP contribution < -0.4 is 15.5 Å². The van der Waals surface area contributed by atoms with Crippen molar-refractivity contribution in [1.82, 2.24) is 4.90 Å². The van der Waals surface area contributed by atoms with E-state index in [1.165, 1.54) is 0 Å². The van der Waals surface area contributed by atoms with Crippen molar-refractivity contribution in [3.63, 3.8) is 0 Å². The van der Waals surface area contributed by atoms with Crippen molar-refractivity contribution in [1.29, 1.82) is 0 Å². The molecule has 2 N–H and O–H groups in total. The summed E-state index contributed by atoms with van der Waals surface area (Å²) < 4.78 is 0. The minimum Gasteiger partial charge on any atom is -0.324 e.